The first kappa shape index (κ1) is 15.8. The molecular weight excluding hydrogens is 356 g/mol. The Balaban J connectivity index is 1.97. The summed E-state index contributed by atoms with van der Waals surface area (Å²) in [5.41, 5.74) is 7.38. The monoisotopic (exact) mass is 368 g/mol. The largest absolute Gasteiger partial charge is 0.399 e. The van der Waals surface area contributed by atoms with E-state index in [1.54, 1.807) is 42.5 Å². The highest BCUT2D eigenvalue weighted by molar-refractivity contribution is 9.10. The molecule has 0 radical (unpaired) electrons. The van der Waals surface area contributed by atoms with Crippen LogP contribution in [0.25, 0.3) is 0 Å². The molecule has 0 aliphatic heterocycles. The number of hydrogen-bond acceptors (Lipinski definition) is 3. The lowest BCUT2D eigenvalue weighted by atomic mass is 10.1. The molecule has 1 atom stereocenters. The summed E-state index contributed by atoms with van der Waals surface area (Å²) in [4.78, 5) is 12.0. The smallest absolute Gasteiger partial charge is 0.251 e. The van der Waals surface area contributed by atoms with Gasteiger partial charge in [0.1, 0.15) is 0 Å². The van der Waals surface area contributed by atoms with Gasteiger partial charge in [-0.05, 0) is 51.8 Å². The lowest BCUT2D eigenvalue weighted by Crippen LogP contribution is -2.28. The number of halogens is 2. The molecule has 0 spiro atoms. The van der Waals surface area contributed by atoms with E-state index in [0.717, 1.165) is 0 Å². The molecule has 1 amide bonds. The average Bonchev–Trinajstić information content (AvgIpc) is 2.48. The molecule has 6 heteroatoms. The molecular formula is C15H14BrClN2O2. The number of anilines is 1. The number of rotatable bonds is 4. The standard InChI is InChI=1S/C15H14BrClN2O2/c16-12-7-10(3-6-13(12)17)15(21)19-8-14(20)9-1-4-11(18)5-2-9/h1-7,14,20H,8,18H2,(H,19,21). The van der Waals surface area contributed by atoms with Crippen LogP contribution in [0.1, 0.15) is 22.0 Å². The quantitative estimate of drug-likeness (QED) is 0.725. The number of nitrogen functional groups attached to an aromatic ring is 1. The Bertz CT molecular complexity index is 647. The first-order valence-electron chi connectivity index (χ1n) is 6.24. The molecule has 2 aromatic rings. The fourth-order valence-corrected chi connectivity index (χ4v) is 2.26. The van der Waals surface area contributed by atoms with Crippen molar-refractivity contribution in [2.45, 2.75) is 6.10 Å². The van der Waals surface area contributed by atoms with E-state index in [9.17, 15) is 9.90 Å². The Hall–Kier alpha value is -1.56. The van der Waals surface area contributed by atoms with Gasteiger partial charge in [-0.1, -0.05) is 23.7 Å². The summed E-state index contributed by atoms with van der Waals surface area (Å²) in [6.07, 6.45) is -0.787. The Morgan fingerprint density at radius 1 is 1.29 bits per heavy atom. The van der Waals surface area contributed by atoms with E-state index in [1.165, 1.54) is 0 Å². The van der Waals surface area contributed by atoms with Crippen LogP contribution in [0.3, 0.4) is 0 Å². The van der Waals surface area contributed by atoms with E-state index in [1.807, 2.05) is 0 Å². The minimum absolute atomic E-state index is 0.114. The maximum absolute atomic E-state index is 12.0. The first-order valence-corrected chi connectivity index (χ1v) is 7.41. The number of nitrogens with two attached hydrogens (primary N) is 1. The van der Waals surface area contributed by atoms with E-state index in [0.29, 0.717) is 26.3 Å². The molecule has 4 N–H and O–H groups in total. The summed E-state index contributed by atoms with van der Waals surface area (Å²) in [7, 11) is 0. The topological polar surface area (TPSA) is 75.3 Å². The fourth-order valence-electron chi connectivity index (χ4n) is 1.76. The molecule has 0 heterocycles. The zero-order valence-electron chi connectivity index (χ0n) is 11.0. The van der Waals surface area contributed by atoms with Gasteiger partial charge in [-0.3, -0.25) is 4.79 Å². The molecule has 0 aliphatic carbocycles. The summed E-state index contributed by atoms with van der Waals surface area (Å²) < 4.78 is 0.649. The number of amides is 1. The molecule has 2 rings (SSSR count). The number of nitrogens with one attached hydrogen (secondary N) is 1. The van der Waals surface area contributed by atoms with E-state index in [4.69, 9.17) is 17.3 Å². The predicted molar refractivity (Wildman–Crippen MR) is 87.3 cm³/mol. The minimum Gasteiger partial charge on any atom is -0.399 e. The molecule has 0 aromatic heterocycles. The lowest BCUT2D eigenvalue weighted by molar-refractivity contribution is 0.0916. The summed E-state index contributed by atoms with van der Waals surface area (Å²) in [6.45, 7) is 0.114. The van der Waals surface area contributed by atoms with Crippen molar-refractivity contribution in [3.8, 4) is 0 Å². The van der Waals surface area contributed by atoms with Crippen LogP contribution in [0.5, 0.6) is 0 Å². The molecule has 2 aromatic carbocycles. The zero-order chi connectivity index (χ0) is 15.4. The van der Waals surface area contributed by atoms with E-state index in [2.05, 4.69) is 21.2 Å². The highest BCUT2D eigenvalue weighted by atomic mass is 79.9. The lowest BCUT2D eigenvalue weighted by Gasteiger charge is -2.13. The average molecular weight is 370 g/mol. The summed E-state index contributed by atoms with van der Waals surface area (Å²) in [5, 5.41) is 13.2. The van der Waals surface area contributed by atoms with E-state index in [-0.39, 0.29) is 12.5 Å². The van der Waals surface area contributed by atoms with Gasteiger partial charge < -0.3 is 16.2 Å². The Morgan fingerprint density at radius 3 is 2.57 bits per heavy atom. The molecule has 4 nitrogen and oxygen atoms in total. The third kappa shape index (κ3) is 4.20. The van der Waals surface area contributed by atoms with Crippen LogP contribution >= 0.6 is 27.5 Å². The molecule has 110 valence electrons. The van der Waals surface area contributed by atoms with Gasteiger partial charge >= 0.3 is 0 Å². The van der Waals surface area contributed by atoms with Gasteiger partial charge in [-0.25, -0.2) is 0 Å². The Labute approximate surface area is 136 Å². The number of benzene rings is 2. The SMILES string of the molecule is Nc1ccc(C(O)CNC(=O)c2ccc(Cl)c(Br)c2)cc1. The summed E-state index contributed by atoms with van der Waals surface area (Å²) in [5.74, 6) is -0.276. The second-order valence-electron chi connectivity index (χ2n) is 4.52. The van der Waals surface area contributed by atoms with Crippen molar-refractivity contribution in [3.05, 3.63) is 63.1 Å². The zero-order valence-corrected chi connectivity index (χ0v) is 13.4. The second-order valence-corrected chi connectivity index (χ2v) is 5.78. The van der Waals surface area contributed by atoms with Crippen molar-refractivity contribution in [3.63, 3.8) is 0 Å². The van der Waals surface area contributed by atoms with Crippen LogP contribution in [-0.4, -0.2) is 17.6 Å². The van der Waals surface area contributed by atoms with Crippen molar-refractivity contribution in [2.75, 3.05) is 12.3 Å². The molecule has 0 fully saturated rings. The van der Waals surface area contributed by atoms with Gasteiger partial charge in [0.2, 0.25) is 0 Å². The van der Waals surface area contributed by atoms with Crippen molar-refractivity contribution in [1.29, 1.82) is 0 Å². The van der Waals surface area contributed by atoms with E-state index >= 15 is 0 Å². The van der Waals surface area contributed by atoms with Crippen LogP contribution in [0.15, 0.2) is 46.9 Å². The number of aliphatic hydroxyl groups excluding tert-OH is 1. The molecule has 1 unspecified atom stereocenters. The number of hydrogen-bond donors (Lipinski definition) is 3. The predicted octanol–water partition coefficient (Wildman–Crippen LogP) is 3.15. The van der Waals surface area contributed by atoms with Crippen LogP contribution in [0.2, 0.25) is 5.02 Å². The van der Waals surface area contributed by atoms with Crippen LogP contribution < -0.4 is 11.1 Å². The summed E-state index contributed by atoms with van der Waals surface area (Å²) in [6, 6.07) is 11.8. The van der Waals surface area contributed by atoms with Gasteiger partial charge in [-0.15, -0.1) is 0 Å². The summed E-state index contributed by atoms with van der Waals surface area (Å²) >= 11 is 9.14. The highest BCUT2D eigenvalue weighted by Crippen LogP contribution is 2.23. The molecule has 0 saturated heterocycles. The highest BCUT2D eigenvalue weighted by Gasteiger charge is 2.11. The van der Waals surface area contributed by atoms with Gasteiger partial charge in [0.25, 0.3) is 5.91 Å². The second kappa shape index (κ2) is 6.93. The van der Waals surface area contributed by atoms with Crippen LogP contribution in [0, 0.1) is 0 Å². The number of carbonyl (C=O) groups is 1. The minimum atomic E-state index is -0.787. The normalized spacial score (nSPS) is 12.0. The maximum Gasteiger partial charge on any atom is 0.251 e. The van der Waals surface area contributed by atoms with E-state index < -0.39 is 6.10 Å². The third-order valence-electron chi connectivity index (χ3n) is 2.96. The fraction of sp³-hybridized carbons (Fsp3) is 0.133. The van der Waals surface area contributed by atoms with Crippen molar-refractivity contribution >= 4 is 39.1 Å². The number of aliphatic hydroxyl groups is 1. The van der Waals surface area contributed by atoms with Crippen molar-refractivity contribution in [2.24, 2.45) is 0 Å². The van der Waals surface area contributed by atoms with Crippen LogP contribution in [0.4, 0.5) is 5.69 Å². The molecule has 21 heavy (non-hydrogen) atoms. The van der Waals surface area contributed by atoms with Crippen molar-refractivity contribution in [1.82, 2.24) is 5.32 Å². The van der Waals surface area contributed by atoms with Gasteiger partial charge in [-0.2, -0.15) is 0 Å². The maximum atomic E-state index is 12.0. The van der Waals surface area contributed by atoms with Crippen LogP contribution in [-0.2, 0) is 0 Å². The molecule has 0 bridgehead atoms. The Kier molecular flexibility index (Phi) is 5.22. The van der Waals surface area contributed by atoms with Crippen molar-refractivity contribution < 1.29 is 9.90 Å². The molecule has 0 aliphatic rings. The first-order chi connectivity index (χ1) is 9.97. The third-order valence-corrected chi connectivity index (χ3v) is 4.17. The van der Waals surface area contributed by atoms with Gasteiger partial charge in [0.15, 0.2) is 0 Å². The van der Waals surface area contributed by atoms with Gasteiger partial charge in [0, 0.05) is 22.3 Å². The van der Waals surface area contributed by atoms with Gasteiger partial charge in [0.05, 0.1) is 11.1 Å². The number of carbonyl (C=O) groups excluding carboxylic acids is 1. The Morgan fingerprint density at radius 2 is 1.95 bits per heavy atom. The molecule has 0 saturated carbocycles.